The molecule has 1 aliphatic heterocycles. The second-order valence-electron chi connectivity index (χ2n) is 4.75. The number of nitrogens with one attached hydrogen (secondary N) is 2. The van der Waals surface area contributed by atoms with Gasteiger partial charge in [-0.2, -0.15) is 8.78 Å². The van der Waals surface area contributed by atoms with Gasteiger partial charge in [-0.3, -0.25) is 9.59 Å². The molecule has 7 heteroatoms. The average Bonchev–Trinajstić information content (AvgIpc) is 2.63. The molecule has 1 aromatic carbocycles. The molecule has 1 aromatic rings. The van der Waals surface area contributed by atoms with Gasteiger partial charge in [0, 0.05) is 24.6 Å². The number of carbonyl (C=O) groups excluding carboxylic acids is 2. The standard InChI is InChI=1S/C14H16F2N2O3/c15-14(16)21-11-3-1-2-9(8-11)13(20)18-10-4-5-12(19)17-7-6-10/h1-3,8,10,14H,4-7H2,(H,17,19)(H,18,20)/t10-/m0/s1. The summed E-state index contributed by atoms with van der Waals surface area (Å²) in [6, 6.07) is 5.51. The summed E-state index contributed by atoms with van der Waals surface area (Å²) >= 11 is 0. The Labute approximate surface area is 120 Å². The van der Waals surface area contributed by atoms with Crippen LogP contribution in [-0.4, -0.2) is 31.0 Å². The first-order chi connectivity index (χ1) is 10.0. The lowest BCUT2D eigenvalue weighted by atomic mass is 10.1. The summed E-state index contributed by atoms with van der Waals surface area (Å²) in [5, 5.41) is 5.53. The van der Waals surface area contributed by atoms with Crippen LogP contribution in [0.3, 0.4) is 0 Å². The maximum absolute atomic E-state index is 12.1. The lowest BCUT2D eigenvalue weighted by molar-refractivity contribution is -0.120. The molecule has 0 bridgehead atoms. The molecule has 0 unspecified atom stereocenters. The second-order valence-corrected chi connectivity index (χ2v) is 4.75. The van der Waals surface area contributed by atoms with Gasteiger partial charge in [-0.25, -0.2) is 0 Å². The van der Waals surface area contributed by atoms with Crippen molar-refractivity contribution in [1.82, 2.24) is 10.6 Å². The molecule has 1 heterocycles. The third-order valence-corrected chi connectivity index (χ3v) is 3.19. The molecule has 0 spiro atoms. The van der Waals surface area contributed by atoms with Crippen LogP contribution < -0.4 is 15.4 Å². The SMILES string of the molecule is O=C1CC[C@H](NC(=O)c2cccc(OC(F)F)c2)CCN1. The molecular weight excluding hydrogens is 282 g/mol. The van der Waals surface area contributed by atoms with E-state index < -0.39 is 6.61 Å². The van der Waals surface area contributed by atoms with E-state index in [4.69, 9.17) is 0 Å². The summed E-state index contributed by atoms with van der Waals surface area (Å²) in [7, 11) is 0. The van der Waals surface area contributed by atoms with Crippen molar-refractivity contribution in [2.45, 2.75) is 31.9 Å². The van der Waals surface area contributed by atoms with Crippen molar-refractivity contribution >= 4 is 11.8 Å². The zero-order valence-electron chi connectivity index (χ0n) is 11.3. The summed E-state index contributed by atoms with van der Waals surface area (Å²) in [6.07, 6.45) is 1.56. The van der Waals surface area contributed by atoms with Crippen molar-refractivity contribution in [3.05, 3.63) is 29.8 Å². The lowest BCUT2D eigenvalue weighted by Crippen LogP contribution is -2.35. The van der Waals surface area contributed by atoms with Crippen molar-refractivity contribution in [2.24, 2.45) is 0 Å². The summed E-state index contributed by atoms with van der Waals surface area (Å²) in [5.74, 6) is -0.455. The minimum Gasteiger partial charge on any atom is -0.435 e. The van der Waals surface area contributed by atoms with Gasteiger partial charge in [-0.15, -0.1) is 0 Å². The number of carbonyl (C=O) groups is 2. The number of ether oxygens (including phenoxy) is 1. The van der Waals surface area contributed by atoms with E-state index in [-0.39, 0.29) is 29.2 Å². The first kappa shape index (κ1) is 15.2. The molecule has 0 aromatic heterocycles. The number of amides is 2. The van der Waals surface area contributed by atoms with Crippen LogP contribution in [0.4, 0.5) is 8.78 Å². The van der Waals surface area contributed by atoms with Crippen LogP contribution >= 0.6 is 0 Å². The summed E-state index contributed by atoms with van der Waals surface area (Å²) in [4.78, 5) is 23.3. The van der Waals surface area contributed by atoms with E-state index in [0.717, 1.165) is 0 Å². The molecule has 21 heavy (non-hydrogen) atoms. The van der Waals surface area contributed by atoms with Crippen molar-refractivity contribution < 1.29 is 23.1 Å². The fourth-order valence-electron chi connectivity index (χ4n) is 2.15. The van der Waals surface area contributed by atoms with Gasteiger partial charge in [0.05, 0.1) is 0 Å². The molecule has 2 N–H and O–H groups in total. The maximum Gasteiger partial charge on any atom is 0.387 e. The molecule has 5 nitrogen and oxygen atoms in total. The molecular formula is C14H16F2N2O3. The smallest absolute Gasteiger partial charge is 0.387 e. The first-order valence-electron chi connectivity index (χ1n) is 6.67. The van der Waals surface area contributed by atoms with E-state index in [1.807, 2.05) is 0 Å². The van der Waals surface area contributed by atoms with Gasteiger partial charge in [0.25, 0.3) is 5.91 Å². The largest absolute Gasteiger partial charge is 0.435 e. The highest BCUT2D eigenvalue weighted by atomic mass is 19.3. The third-order valence-electron chi connectivity index (χ3n) is 3.19. The number of hydrogen-bond acceptors (Lipinski definition) is 3. The predicted molar refractivity (Wildman–Crippen MR) is 71.2 cm³/mol. The van der Waals surface area contributed by atoms with E-state index in [2.05, 4.69) is 15.4 Å². The van der Waals surface area contributed by atoms with Crippen LogP contribution in [0.5, 0.6) is 5.75 Å². The molecule has 0 radical (unpaired) electrons. The number of benzene rings is 1. The average molecular weight is 298 g/mol. The Bertz CT molecular complexity index is 523. The Morgan fingerprint density at radius 1 is 1.38 bits per heavy atom. The molecule has 0 aliphatic carbocycles. The van der Waals surface area contributed by atoms with E-state index in [1.54, 1.807) is 0 Å². The Morgan fingerprint density at radius 3 is 2.95 bits per heavy atom. The Balaban J connectivity index is 1.97. The molecule has 1 saturated heterocycles. The normalized spacial score (nSPS) is 18.8. The van der Waals surface area contributed by atoms with Gasteiger partial charge < -0.3 is 15.4 Å². The quantitative estimate of drug-likeness (QED) is 0.889. The summed E-state index contributed by atoms with van der Waals surface area (Å²) in [5.41, 5.74) is 0.247. The van der Waals surface area contributed by atoms with Gasteiger partial charge in [-0.05, 0) is 31.0 Å². The van der Waals surface area contributed by atoms with Crippen LogP contribution in [0.25, 0.3) is 0 Å². The molecule has 1 fully saturated rings. The molecule has 1 aliphatic rings. The van der Waals surface area contributed by atoms with Crippen molar-refractivity contribution in [2.75, 3.05) is 6.54 Å². The lowest BCUT2D eigenvalue weighted by Gasteiger charge is -2.15. The van der Waals surface area contributed by atoms with Gasteiger partial charge in [-0.1, -0.05) is 6.07 Å². The van der Waals surface area contributed by atoms with Gasteiger partial charge in [0.15, 0.2) is 0 Å². The minimum atomic E-state index is -2.93. The molecule has 2 rings (SSSR count). The monoisotopic (exact) mass is 298 g/mol. The van der Waals surface area contributed by atoms with Crippen LogP contribution in [0, 0.1) is 0 Å². The second kappa shape index (κ2) is 7.01. The zero-order valence-corrected chi connectivity index (χ0v) is 11.3. The first-order valence-corrected chi connectivity index (χ1v) is 6.67. The van der Waals surface area contributed by atoms with Crippen molar-refractivity contribution in [3.8, 4) is 5.75 Å². The van der Waals surface area contributed by atoms with Gasteiger partial charge >= 0.3 is 6.61 Å². The van der Waals surface area contributed by atoms with Crippen molar-refractivity contribution in [3.63, 3.8) is 0 Å². The number of hydrogen-bond donors (Lipinski definition) is 2. The highest BCUT2D eigenvalue weighted by Crippen LogP contribution is 2.16. The molecule has 114 valence electrons. The zero-order chi connectivity index (χ0) is 15.2. The van der Waals surface area contributed by atoms with Crippen LogP contribution in [0.1, 0.15) is 29.6 Å². The Morgan fingerprint density at radius 2 is 2.19 bits per heavy atom. The fraction of sp³-hybridized carbons (Fsp3) is 0.429. The Hall–Kier alpha value is -2.18. The van der Waals surface area contributed by atoms with Gasteiger partial charge in [0.2, 0.25) is 5.91 Å². The highest BCUT2D eigenvalue weighted by Gasteiger charge is 2.18. The van der Waals surface area contributed by atoms with E-state index >= 15 is 0 Å². The van der Waals surface area contributed by atoms with E-state index in [0.29, 0.717) is 25.8 Å². The van der Waals surface area contributed by atoms with Crippen LogP contribution in [-0.2, 0) is 4.79 Å². The number of alkyl halides is 2. The topological polar surface area (TPSA) is 67.4 Å². The van der Waals surface area contributed by atoms with E-state index in [1.165, 1.54) is 24.3 Å². The molecule has 0 saturated carbocycles. The predicted octanol–water partition coefficient (Wildman–Crippen LogP) is 1.69. The summed E-state index contributed by atoms with van der Waals surface area (Å²) < 4.78 is 28.6. The van der Waals surface area contributed by atoms with Crippen LogP contribution in [0.15, 0.2) is 24.3 Å². The van der Waals surface area contributed by atoms with Gasteiger partial charge in [0.1, 0.15) is 5.75 Å². The Kier molecular flexibility index (Phi) is 5.08. The molecule has 1 atom stereocenters. The maximum atomic E-state index is 12.1. The van der Waals surface area contributed by atoms with Crippen LogP contribution in [0.2, 0.25) is 0 Å². The number of halogens is 2. The fourth-order valence-corrected chi connectivity index (χ4v) is 2.15. The van der Waals surface area contributed by atoms with E-state index in [9.17, 15) is 18.4 Å². The molecule has 2 amide bonds. The summed E-state index contributed by atoms with van der Waals surface area (Å²) in [6.45, 7) is -2.42. The number of rotatable bonds is 4. The minimum absolute atomic E-state index is 0.0286. The van der Waals surface area contributed by atoms with Crippen molar-refractivity contribution in [1.29, 1.82) is 0 Å². The third kappa shape index (κ3) is 4.70. The highest BCUT2D eigenvalue weighted by molar-refractivity contribution is 5.94.